The summed E-state index contributed by atoms with van der Waals surface area (Å²) in [6.45, 7) is 2.75. The first-order valence-corrected chi connectivity index (χ1v) is 5.12. The number of aromatic nitrogens is 2. The van der Waals surface area contributed by atoms with E-state index in [4.69, 9.17) is 22.1 Å². The molecule has 0 radical (unpaired) electrons. The minimum atomic E-state index is 0.203. The molecule has 0 aliphatic rings. The van der Waals surface area contributed by atoms with Crippen molar-refractivity contribution in [1.82, 2.24) is 9.97 Å². The summed E-state index contributed by atoms with van der Waals surface area (Å²) in [5, 5.41) is 0. The number of unbranched alkanes of at least 4 members (excludes halogenated alkanes) is 1. The Labute approximate surface area is 88.5 Å². The highest BCUT2D eigenvalue weighted by Crippen LogP contribution is 2.12. The quantitative estimate of drug-likeness (QED) is 0.603. The maximum atomic E-state index is 5.63. The molecule has 1 rings (SSSR count). The van der Waals surface area contributed by atoms with Gasteiger partial charge in [-0.1, -0.05) is 13.3 Å². The summed E-state index contributed by atoms with van der Waals surface area (Å²) >= 11 is 5.63. The van der Waals surface area contributed by atoms with Gasteiger partial charge >= 0.3 is 0 Å². The molecule has 0 aromatic carbocycles. The summed E-state index contributed by atoms with van der Waals surface area (Å²) in [5.41, 5.74) is 6.16. The van der Waals surface area contributed by atoms with Crippen molar-refractivity contribution < 1.29 is 4.74 Å². The van der Waals surface area contributed by atoms with Crippen LogP contribution in [0.15, 0.2) is 6.07 Å². The van der Waals surface area contributed by atoms with Crippen LogP contribution in [-0.4, -0.2) is 16.6 Å². The number of hydrogen-bond acceptors (Lipinski definition) is 4. The highest BCUT2D eigenvalue weighted by atomic mass is 35.5. The van der Waals surface area contributed by atoms with Gasteiger partial charge in [-0.15, -0.1) is 11.6 Å². The Kier molecular flexibility index (Phi) is 4.46. The lowest BCUT2D eigenvalue weighted by molar-refractivity contribution is 0.297. The SMILES string of the molecule is CCCCOc1cc(CCl)nc(N)n1. The molecule has 5 heteroatoms. The Morgan fingerprint density at radius 2 is 2.29 bits per heavy atom. The molecule has 14 heavy (non-hydrogen) atoms. The topological polar surface area (TPSA) is 61.0 Å². The molecule has 78 valence electrons. The first-order valence-electron chi connectivity index (χ1n) is 4.58. The molecule has 0 aliphatic carbocycles. The van der Waals surface area contributed by atoms with Crippen LogP contribution in [0.4, 0.5) is 5.95 Å². The van der Waals surface area contributed by atoms with E-state index in [2.05, 4.69) is 16.9 Å². The maximum Gasteiger partial charge on any atom is 0.223 e. The number of nitrogens with two attached hydrogens (primary N) is 1. The molecule has 0 atom stereocenters. The third-order valence-electron chi connectivity index (χ3n) is 1.66. The monoisotopic (exact) mass is 215 g/mol. The number of nitrogen functional groups attached to an aromatic ring is 1. The number of anilines is 1. The summed E-state index contributed by atoms with van der Waals surface area (Å²) in [6, 6.07) is 1.71. The fourth-order valence-electron chi connectivity index (χ4n) is 0.956. The van der Waals surface area contributed by atoms with Gasteiger partial charge in [-0.05, 0) is 6.42 Å². The summed E-state index contributed by atoms with van der Waals surface area (Å²) in [6.07, 6.45) is 2.09. The molecule has 1 aromatic rings. The van der Waals surface area contributed by atoms with E-state index in [0.717, 1.165) is 12.8 Å². The van der Waals surface area contributed by atoms with Gasteiger partial charge in [0, 0.05) is 6.07 Å². The van der Waals surface area contributed by atoms with Crippen LogP contribution in [0.25, 0.3) is 0 Å². The Hall–Kier alpha value is -1.03. The van der Waals surface area contributed by atoms with Gasteiger partial charge in [0.2, 0.25) is 11.8 Å². The van der Waals surface area contributed by atoms with Crippen molar-refractivity contribution >= 4 is 17.5 Å². The first kappa shape index (κ1) is 11.0. The standard InChI is InChI=1S/C9H14ClN3O/c1-2-3-4-14-8-5-7(6-10)12-9(11)13-8/h5H,2-4,6H2,1H3,(H2,11,12,13). The number of alkyl halides is 1. The Morgan fingerprint density at radius 1 is 1.50 bits per heavy atom. The van der Waals surface area contributed by atoms with Crippen molar-refractivity contribution in [2.24, 2.45) is 0 Å². The zero-order valence-electron chi connectivity index (χ0n) is 8.16. The van der Waals surface area contributed by atoms with Gasteiger partial charge < -0.3 is 10.5 Å². The molecule has 0 amide bonds. The minimum Gasteiger partial charge on any atom is -0.478 e. The molecule has 0 saturated carbocycles. The maximum absolute atomic E-state index is 5.63. The average molecular weight is 216 g/mol. The molecular formula is C9H14ClN3O. The lowest BCUT2D eigenvalue weighted by Gasteiger charge is -2.05. The largest absolute Gasteiger partial charge is 0.478 e. The molecule has 4 nitrogen and oxygen atoms in total. The predicted molar refractivity (Wildman–Crippen MR) is 56.4 cm³/mol. The normalized spacial score (nSPS) is 10.1. The number of hydrogen-bond donors (Lipinski definition) is 1. The minimum absolute atomic E-state index is 0.203. The van der Waals surface area contributed by atoms with Crippen LogP contribution < -0.4 is 10.5 Å². The molecule has 0 saturated heterocycles. The van der Waals surface area contributed by atoms with E-state index < -0.39 is 0 Å². The van der Waals surface area contributed by atoms with E-state index in [1.165, 1.54) is 0 Å². The van der Waals surface area contributed by atoms with Crippen LogP contribution in [0.2, 0.25) is 0 Å². The number of halogens is 1. The zero-order chi connectivity index (χ0) is 10.4. The fourth-order valence-corrected chi connectivity index (χ4v) is 1.09. The summed E-state index contributed by atoms with van der Waals surface area (Å²) in [5.74, 6) is 1.02. The van der Waals surface area contributed by atoms with Crippen molar-refractivity contribution in [3.8, 4) is 5.88 Å². The van der Waals surface area contributed by atoms with Crippen LogP contribution in [0.1, 0.15) is 25.5 Å². The second-order valence-electron chi connectivity index (χ2n) is 2.89. The van der Waals surface area contributed by atoms with Crippen LogP contribution in [-0.2, 0) is 5.88 Å². The van der Waals surface area contributed by atoms with Gasteiger partial charge in [-0.2, -0.15) is 4.98 Å². The highest BCUT2D eigenvalue weighted by Gasteiger charge is 2.01. The van der Waals surface area contributed by atoms with E-state index in [-0.39, 0.29) is 5.95 Å². The Morgan fingerprint density at radius 3 is 2.93 bits per heavy atom. The van der Waals surface area contributed by atoms with Gasteiger partial charge in [-0.25, -0.2) is 4.98 Å². The van der Waals surface area contributed by atoms with Gasteiger partial charge in [0.25, 0.3) is 0 Å². The van der Waals surface area contributed by atoms with Gasteiger partial charge in [-0.3, -0.25) is 0 Å². The van der Waals surface area contributed by atoms with Gasteiger partial charge in [0.15, 0.2) is 0 Å². The molecule has 0 unspecified atom stereocenters. The van der Waals surface area contributed by atoms with Crippen LogP contribution in [0.3, 0.4) is 0 Å². The third-order valence-corrected chi connectivity index (χ3v) is 1.93. The second kappa shape index (κ2) is 5.65. The molecular weight excluding hydrogens is 202 g/mol. The highest BCUT2D eigenvalue weighted by molar-refractivity contribution is 6.16. The van der Waals surface area contributed by atoms with Crippen LogP contribution in [0, 0.1) is 0 Å². The van der Waals surface area contributed by atoms with E-state index >= 15 is 0 Å². The Bertz CT molecular complexity index is 293. The Balaban J connectivity index is 2.62. The molecule has 1 heterocycles. The number of ether oxygens (including phenoxy) is 1. The van der Waals surface area contributed by atoms with E-state index in [1.807, 2.05) is 0 Å². The van der Waals surface area contributed by atoms with E-state index in [9.17, 15) is 0 Å². The molecule has 0 fully saturated rings. The lowest BCUT2D eigenvalue weighted by Crippen LogP contribution is -2.03. The smallest absolute Gasteiger partial charge is 0.223 e. The van der Waals surface area contributed by atoms with E-state index in [1.54, 1.807) is 6.07 Å². The van der Waals surface area contributed by atoms with Crippen molar-refractivity contribution in [3.63, 3.8) is 0 Å². The predicted octanol–water partition coefficient (Wildman–Crippen LogP) is 1.98. The van der Waals surface area contributed by atoms with E-state index in [0.29, 0.717) is 24.1 Å². The third kappa shape index (κ3) is 3.38. The molecule has 0 bridgehead atoms. The van der Waals surface area contributed by atoms with Crippen molar-refractivity contribution in [2.45, 2.75) is 25.6 Å². The summed E-state index contributed by atoms with van der Waals surface area (Å²) in [7, 11) is 0. The number of nitrogens with zero attached hydrogens (tertiary/aromatic N) is 2. The lowest BCUT2D eigenvalue weighted by atomic mass is 10.4. The molecule has 0 aliphatic heterocycles. The summed E-state index contributed by atoms with van der Waals surface area (Å²) < 4.78 is 5.38. The molecule has 0 spiro atoms. The van der Waals surface area contributed by atoms with Crippen molar-refractivity contribution in [3.05, 3.63) is 11.8 Å². The molecule has 1 aromatic heterocycles. The summed E-state index contributed by atoms with van der Waals surface area (Å²) in [4.78, 5) is 7.87. The van der Waals surface area contributed by atoms with Crippen LogP contribution >= 0.6 is 11.6 Å². The number of rotatable bonds is 5. The van der Waals surface area contributed by atoms with Crippen molar-refractivity contribution in [2.75, 3.05) is 12.3 Å². The fraction of sp³-hybridized carbons (Fsp3) is 0.556. The second-order valence-corrected chi connectivity index (χ2v) is 3.16. The van der Waals surface area contributed by atoms with Crippen LogP contribution in [0.5, 0.6) is 5.88 Å². The molecule has 2 N–H and O–H groups in total. The zero-order valence-corrected chi connectivity index (χ0v) is 8.92. The van der Waals surface area contributed by atoms with Gasteiger partial charge in [0.05, 0.1) is 18.2 Å². The first-order chi connectivity index (χ1) is 6.76. The average Bonchev–Trinajstić information content (AvgIpc) is 2.17. The van der Waals surface area contributed by atoms with Gasteiger partial charge in [0.1, 0.15) is 0 Å². The van der Waals surface area contributed by atoms with Crippen molar-refractivity contribution in [1.29, 1.82) is 0 Å².